The second kappa shape index (κ2) is 4.53. The fourth-order valence-corrected chi connectivity index (χ4v) is 1.92. The van der Waals surface area contributed by atoms with E-state index in [0.717, 1.165) is 11.3 Å². The Morgan fingerprint density at radius 1 is 1.29 bits per heavy atom. The molecule has 1 aliphatic heterocycles. The predicted molar refractivity (Wildman–Crippen MR) is 58.6 cm³/mol. The van der Waals surface area contributed by atoms with Crippen molar-refractivity contribution in [3.05, 3.63) is 23.4 Å². The molecular formula is C12H13NO4. The lowest BCUT2D eigenvalue weighted by Gasteiger charge is -2.20. The number of aromatic nitrogens is 1. The van der Waals surface area contributed by atoms with Crippen LogP contribution in [-0.4, -0.2) is 24.0 Å². The molecule has 0 saturated carbocycles. The van der Waals surface area contributed by atoms with E-state index in [1.165, 1.54) is 7.11 Å². The predicted octanol–water partition coefficient (Wildman–Crippen LogP) is 1.35. The summed E-state index contributed by atoms with van der Waals surface area (Å²) in [4.78, 5) is 26.6. The third-order valence-electron chi connectivity index (χ3n) is 2.69. The summed E-state index contributed by atoms with van der Waals surface area (Å²) in [7, 11) is 1.53. The zero-order valence-electron chi connectivity index (χ0n) is 9.73. The average molecular weight is 235 g/mol. The first-order valence-electron chi connectivity index (χ1n) is 5.34. The zero-order valence-corrected chi connectivity index (χ0v) is 9.73. The van der Waals surface area contributed by atoms with Crippen molar-refractivity contribution in [1.82, 2.24) is 4.98 Å². The highest BCUT2D eigenvalue weighted by molar-refractivity contribution is 5.89. The van der Waals surface area contributed by atoms with E-state index in [-0.39, 0.29) is 18.8 Å². The fourth-order valence-electron chi connectivity index (χ4n) is 1.92. The number of hydrogen-bond acceptors (Lipinski definition) is 5. The van der Waals surface area contributed by atoms with Crippen LogP contribution < -0.4 is 4.74 Å². The number of aryl methyl sites for hydroxylation is 1. The molecule has 0 spiro atoms. The Kier molecular flexibility index (Phi) is 3.08. The summed E-state index contributed by atoms with van der Waals surface area (Å²) in [6.45, 7) is 1.84. The Morgan fingerprint density at radius 3 is 2.53 bits per heavy atom. The number of cyclic esters (lactones) is 2. The molecule has 0 aliphatic carbocycles. The molecule has 1 aromatic heterocycles. The second-order valence-corrected chi connectivity index (χ2v) is 4.04. The molecule has 0 amide bonds. The van der Waals surface area contributed by atoms with Gasteiger partial charge in [0.1, 0.15) is 0 Å². The van der Waals surface area contributed by atoms with Crippen molar-refractivity contribution < 1.29 is 19.1 Å². The number of pyridine rings is 1. The largest absolute Gasteiger partial charge is 0.481 e. The number of carbonyl (C=O) groups excluding carboxylic acids is 2. The molecule has 1 aromatic rings. The number of methoxy groups -OCH3 is 1. The highest BCUT2D eigenvalue weighted by Crippen LogP contribution is 2.30. The maximum absolute atomic E-state index is 11.2. The summed E-state index contributed by atoms with van der Waals surface area (Å²) >= 11 is 0. The van der Waals surface area contributed by atoms with E-state index < -0.39 is 11.9 Å². The molecule has 1 aliphatic rings. The van der Waals surface area contributed by atoms with Crippen molar-refractivity contribution in [2.45, 2.75) is 25.7 Å². The molecule has 0 aromatic carbocycles. The van der Waals surface area contributed by atoms with Gasteiger partial charge in [-0.1, -0.05) is 0 Å². The summed E-state index contributed by atoms with van der Waals surface area (Å²) in [6.07, 6.45) is 0.441. The SMILES string of the molecule is COc1cc(C2CC(=O)OC(=O)C2)cc(C)n1. The van der Waals surface area contributed by atoms with Crippen LogP contribution in [0.5, 0.6) is 5.88 Å². The number of rotatable bonds is 2. The first kappa shape index (κ1) is 11.6. The molecule has 2 rings (SSSR count). The maximum atomic E-state index is 11.2. The molecule has 17 heavy (non-hydrogen) atoms. The van der Waals surface area contributed by atoms with E-state index in [0.29, 0.717) is 5.88 Å². The van der Waals surface area contributed by atoms with Crippen LogP contribution in [0.1, 0.15) is 30.0 Å². The number of nitrogens with zero attached hydrogens (tertiary/aromatic N) is 1. The van der Waals surface area contributed by atoms with Gasteiger partial charge in [-0.2, -0.15) is 0 Å². The molecule has 5 nitrogen and oxygen atoms in total. The van der Waals surface area contributed by atoms with Crippen molar-refractivity contribution in [3.63, 3.8) is 0 Å². The van der Waals surface area contributed by atoms with E-state index in [2.05, 4.69) is 9.72 Å². The monoisotopic (exact) mass is 235 g/mol. The van der Waals surface area contributed by atoms with E-state index >= 15 is 0 Å². The Balaban J connectivity index is 2.29. The van der Waals surface area contributed by atoms with E-state index in [1.54, 1.807) is 6.07 Å². The maximum Gasteiger partial charge on any atom is 0.314 e. The smallest absolute Gasteiger partial charge is 0.314 e. The summed E-state index contributed by atoms with van der Waals surface area (Å²) in [5.74, 6) is -0.592. The second-order valence-electron chi connectivity index (χ2n) is 4.04. The van der Waals surface area contributed by atoms with Gasteiger partial charge in [0.15, 0.2) is 0 Å². The third kappa shape index (κ3) is 2.61. The van der Waals surface area contributed by atoms with Gasteiger partial charge in [0.05, 0.1) is 20.0 Å². The Hall–Kier alpha value is -1.91. The van der Waals surface area contributed by atoms with Crippen molar-refractivity contribution >= 4 is 11.9 Å². The quantitative estimate of drug-likeness (QED) is 0.571. The van der Waals surface area contributed by atoms with Gasteiger partial charge in [0.2, 0.25) is 5.88 Å². The van der Waals surface area contributed by atoms with Crippen LogP contribution in [0.2, 0.25) is 0 Å². The molecule has 0 atom stereocenters. The van der Waals surface area contributed by atoms with Crippen molar-refractivity contribution in [2.75, 3.05) is 7.11 Å². The van der Waals surface area contributed by atoms with Gasteiger partial charge >= 0.3 is 11.9 Å². The molecule has 90 valence electrons. The summed E-state index contributed by atoms with van der Waals surface area (Å²) in [5, 5.41) is 0. The molecule has 1 fully saturated rings. The van der Waals surface area contributed by atoms with Crippen LogP contribution in [0.25, 0.3) is 0 Å². The van der Waals surface area contributed by atoms with E-state index in [4.69, 9.17) is 4.74 Å². The van der Waals surface area contributed by atoms with Crippen LogP contribution in [0.3, 0.4) is 0 Å². The number of hydrogen-bond donors (Lipinski definition) is 0. The van der Waals surface area contributed by atoms with Crippen LogP contribution in [0, 0.1) is 6.92 Å². The van der Waals surface area contributed by atoms with Gasteiger partial charge < -0.3 is 9.47 Å². The molecule has 0 bridgehead atoms. The molecule has 2 heterocycles. The van der Waals surface area contributed by atoms with Crippen molar-refractivity contribution in [2.24, 2.45) is 0 Å². The molecule has 0 N–H and O–H groups in total. The van der Waals surface area contributed by atoms with Gasteiger partial charge in [0.25, 0.3) is 0 Å². The van der Waals surface area contributed by atoms with Crippen LogP contribution in [-0.2, 0) is 14.3 Å². The lowest BCUT2D eigenvalue weighted by molar-refractivity contribution is -0.163. The standard InChI is InChI=1S/C12H13NO4/c1-7-3-8(4-10(13-7)16-2)9-5-11(14)17-12(15)6-9/h3-4,9H,5-6H2,1-2H3. The van der Waals surface area contributed by atoms with E-state index in [1.807, 2.05) is 13.0 Å². The zero-order chi connectivity index (χ0) is 12.4. The Bertz CT molecular complexity index is 454. The van der Waals surface area contributed by atoms with Gasteiger partial charge in [-0.15, -0.1) is 0 Å². The topological polar surface area (TPSA) is 65.5 Å². The molecule has 1 saturated heterocycles. The minimum Gasteiger partial charge on any atom is -0.481 e. The van der Waals surface area contributed by atoms with Gasteiger partial charge in [-0.25, -0.2) is 4.98 Å². The minimum atomic E-state index is -0.473. The van der Waals surface area contributed by atoms with Crippen LogP contribution in [0.4, 0.5) is 0 Å². The summed E-state index contributed by atoms with van der Waals surface area (Å²) in [6, 6.07) is 3.61. The van der Waals surface area contributed by atoms with Gasteiger partial charge in [0, 0.05) is 17.7 Å². The van der Waals surface area contributed by atoms with Gasteiger partial charge in [-0.05, 0) is 18.6 Å². The lowest BCUT2D eigenvalue weighted by Crippen LogP contribution is -2.24. The van der Waals surface area contributed by atoms with Gasteiger partial charge in [-0.3, -0.25) is 9.59 Å². The molecule has 5 heteroatoms. The lowest BCUT2D eigenvalue weighted by atomic mass is 9.91. The first-order valence-corrected chi connectivity index (χ1v) is 5.34. The van der Waals surface area contributed by atoms with Crippen LogP contribution in [0.15, 0.2) is 12.1 Å². The van der Waals surface area contributed by atoms with Crippen molar-refractivity contribution in [1.29, 1.82) is 0 Å². The Morgan fingerprint density at radius 2 is 1.94 bits per heavy atom. The van der Waals surface area contributed by atoms with E-state index in [9.17, 15) is 9.59 Å². The molecule has 0 unspecified atom stereocenters. The van der Waals surface area contributed by atoms with Crippen LogP contribution >= 0.6 is 0 Å². The third-order valence-corrected chi connectivity index (χ3v) is 2.69. The number of ether oxygens (including phenoxy) is 2. The fraction of sp³-hybridized carbons (Fsp3) is 0.417. The Labute approximate surface area is 98.7 Å². The number of carbonyl (C=O) groups is 2. The highest BCUT2D eigenvalue weighted by atomic mass is 16.6. The normalized spacial score (nSPS) is 16.8. The summed E-state index contributed by atoms with van der Waals surface area (Å²) < 4.78 is 9.57. The van der Waals surface area contributed by atoms with Crippen molar-refractivity contribution in [3.8, 4) is 5.88 Å². The molecule has 0 radical (unpaired) electrons. The average Bonchev–Trinajstić information content (AvgIpc) is 2.26. The molecular weight excluding hydrogens is 222 g/mol. The first-order chi connectivity index (χ1) is 8.08. The highest BCUT2D eigenvalue weighted by Gasteiger charge is 2.28. The minimum absolute atomic E-state index is 0.139. The number of esters is 2. The summed E-state index contributed by atoms with van der Waals surface area (Å²) in [5.41, 5.74) is 1.69.